The predicted octanol–water partition coefficient (Wildman–Crippen LogP) is -0.872. The van der Waals surface area contributed by atoms with Gasteiger partial charge >= 0.3 is 0 Å². The third kappa shape index (κ3) is 1.08. The second-order valence-electron chi connectivity index (χ2n) is 3.77. The molecule has 0 radical (unpaired) electrons. The van der Waals surface area contributed by atoms with Crippen LogP contribution in [0.2, 0.25) is 0 Å². The first kappa shape index (κ1) is 7.53. The van der Waals surface area contributed by atoms with E-state index in [1.807, 2.05) is 0 Å². The summed E-state index contributed by atoms with van der Waals surface area (Å²) in [6.07, 6.45) is 0. The van der Waals surface area contributed by atoms with E-state index in [1.54, 1.807) is 0 Å². The zero-order chi connectivity index (χ0) is 7.84. The Morgan fingerprint density at radius 2 is 2.36 bits per heavy atom. The number of aliphatic hydroxyl groups is 1. The highest BCUT2D eigenvalue weighted by Crippen LogP contribution is 2.30. The van der Waals surface area contributed by atoms with E-state index in [2.05, 4.69) is 17.3 Å². The maximum absolute atomic E-state index is 9.11. The minimum atomic E-state index is 0.319. The molecular formula is C8H16N2O. The molecule has 3 unspecified atom stereocenters. The van der Waals surface area contributed by atoms with E-state index in [0.717, 1.165) is 25.6 Å². The number of nitrogens with one attached hydrogen (secondary N) is 1. The molecule has 0 aromatic heterocycles. The highest BCUT2D eigenvalue weighted by Gasteiger charge is 2.41. The first-order valence-corrected chi connectivity index (χ1v) is 4.34. The highest BCUT2D eigenvalue weighted by atomic mass is 16.3. The van der Waals surface area contributed by atoms with Gasteiger partial charge in [-0.1, -0.05) is 0 Å². The number of likely N-dealkylation sites (N-methyl/N-ethyl adjacent to an activating group) is 1. The molecular weight excluding hydrogens is 140 g/mol. The van der Waals surface area contributed by atoms with Crippen molar-refractivity contribution in [2.24, 2.45) is 11.8 Å². The molecule has 64 valence electrons. The molecule has 2 saturated heterocycles. The topological polar surface area (TPSA) is 35.5 Å². The fraction of sp³-hybridized carbons (Fsp3) is 1.00. The number of hydrogen-bond donors (Lipinski definition) is 2. The second-order valence-corrected chi connectivity index (χ2v) is 3.77. The van der Waals surface area contributed by atoms with E-state index in [1.165, 1.54) is 0 Å². The summed E-state index contributed by atoms with van der Waals surface area (Å²) in [5, 5.41) is 12.5. The lowest BCUT2D eigenvalue weighted by Gasteiger charge is -2.21. The molecule has 0 aliphatic carbocycles. The van der Waals surface area contributed by atoms with E-state index >= 15 is 0 Å². The standard InChI is InChI=1S/C8H16N2O/c1-10-4-6-2-9-3-7(6)8(10)5-11/h6-9,11H,2-5H2,1H3. The van der Waals surface area contributed by atoms with Crippen LogP contribution in [0.5, 0.6) is 0 Å². The van der Waals surface area contributed by atoms with E-state index < -0.39 is 0 Å². The number of likely N-dealkylation sites (tertiary alicyclic amines) is 1. The van der Waals surface area contributed by atoms with Crippen LogP contribution in [0.1, 0.15) is 0 Å². The van der Waals surface area contributed by atoms with Crippen molar-refractivity contribution in [2.75, 3.05) is 33.3 Å². The molecule has 0 aromatic carbocycles. The minimum Gasteiger partial charge on any atom is -0.395 e. The van der Waals surface area contributed by atoms with Gasteiger partial charge in [0.1, 0.15) is 0 Å². The lowest BCUT2D eigenvalue weighted by molar-refractivity contribution is 0.157. The molecule has 11 heavy (non-hydrogen) atoms. The Kier molecular flexibility index (Phi) is 1.87. The molecule has 0 bridgehead atoms. The van der Waals surface area contributed by atoms with Crippen molar-refractivity contribution in [3.8, 4) is 0 Å². The van der Waals surface area contributed by atoms with Gasteiger partial charge in [-0.05, 0) is 32.0 Å². The number of aliphatic hydroxyl groups excluding tert-OH is 1. The van der Waals surface area contributed by atoms with Crippen LogP contribution in [0.15, 0.2) is 0 Å². The molecule has 0 amide bonds. The van der Waals surface area contributed by atoms with Crippen LogP contribution < -0.4 is 5.32 Å². The van der Waals surface area contributed by atoms with Gasteiger partial charge < -0.3 is 15.3 Å². The van der Waals surface area contributed by atoms with Crippen molar-refractivity contribution in [1.82, 2.24) is 10.2 Å². The number of hydrogen-bond acceptors (Lipinski definition) is 3. The van der Waals surface area contributed by atoms with Gasteiger partial charge in [-0.2, -0.15) is 0 Å². The van der Waals surface area contributed by atoms with Gasteiger partial charge in [-0.25, -0.2) is 0 Å². The van der Waals surface area contributed by atoms with Crippen molar-refractivity contribution in [3.05, 3.63) is 0 Å². The molecule has 0 saturated carbocycles. The normalized spacial score (nSPS) is 44.7. The van der Waals surface area contributed by atoms with Crippen LogP contribution in [0, 0.1) is 11.8 Å². The minimum absolute atomic E-state index is 0.319. The summed E-state index contributed by atoms with van der Waals surface area (Å²) in [6.45, 7) is 3.72. The average molecular weight is 156 g/mol. The van der Waals surface area contributed by atoms with Gasteiger partial charge in [0.05, 0.1) is 6.61 Å². The van der Waals surface area contributed by atoms with Gasteiger partial charge in [0.25, 0.3) is 0 Å². The summed E-state index contributed by atoms with van der Waals surface area (Å²) in [4.78, 5) is 2.29. The SMILES string of the molecule is CN1CC2CNCC2C1CO. The molecule has 3 heteroatoms. The average Bonchev–Trinajstić information content (AvgIpc) is 2.46. The van der Waals surface area contributed by atoms with E-state index in [0.29, 0.717) is 18.6 Å². The van der Waals surface area contributed by atoms with Crippen molar-refractivity contribution in [2.45, 2.75) is 6.04 Å². The second kappa shape index (κ2) is 2.73. The molecule has 2 fully saturated rings. The zero-order valence-corrected chi connectivity index (χ0v) is 6.95. The third-order valence-electron chi connectivity index (χ3n) is 3.16. The van der Waals surface area contributed by atoms with E-state index in [4.69, 9.17) is 5.11 Å². The smallest absolute Gasteiger partial charge is 0.0590 e. The van der Waals surface area contributed by atoms with Crippen LogP contribution in [-0.2, 0) is 0 Å². The maximum atomic E-state index is 9.11. The van der Waals surface area contributed by atoms with Gasteiger partial charge in [0, 0.05) is 12.6 Å². The molecule has 2 heterocycles. The highest BCUT2D eigenvalue weighted by molar-refractivity contribution is 4.96. The summed E-state index contributed by atoms with van der Waals surface area (Å²) >= 11 is 0. The Labute approximate surface area is 67.4 Å². The summed E-state index contributed by atoms with van der Waals surface area (Å²) in [5.41, 5.74) is 0. The van der Waals surface area contributed by atoms with Gasteiger partial charge in [0.2, 0.25) is 0 Å². The Hall–Kier alpha value is -0.120. The van der Waals surface area contributed by atoms with Crippen molar-refractivity contribution < 1.29 is 5.11 Å². The number of rotatable bonds is 1. The van der Waals surface area contributed by atoms with Gasteiger partial charge in [-0.15, -0.1) is 0 Å². The quantitative estimate of drug-likeness (QED) is 0.518. The zero-order valence-electron chi connectivity index (χ0n) is 6.95. The number of fused-ring (bicyclic) bond motifs is 1. The van der Waals surface area contributed by atoms with Crippen molar-refractivity contribution >= 4 is 0 Å². The fourth-order valence-electron chi connectivity index (χ4n) is 2.51. The van der Waals surface area contributed by atoms with Gasteiger partial charge in [0.15, 0.2) is 0 Å². The molecule has 2 rings (SSSR count). The Morgan fingerprint density at radius 1 is 1.55 bits per heavy atom. The predicted molar refractivity (Wildman–Crippen MR) is 43.4 cm³/mol. The Morgan fingerprint density at radius 3 is 3.09 bits per heavy atom. The van der Waals surface area contributed by atoms with Crippen LogP contribution in [0.25, 0.3) is 0 Å². The first-order valence-electron chi connectivity index (χ1n) is 4.34. The van der Waals surface area contributed by atoms with Crippen LogP contribution in [-0.4, -0.2) is 49.3 Å². The maximum Gasteiger partial charge on any atom is 0.0590 e. The first-order chi connectivity index (χ1) is 5.33. The van der Waals surface area contributed by atoms with E-state index in [9.17, 15) is 0 Å². The van der Waals surface area contributed by atoms with Crippen molar-refractivity contribution in [3.63, 3.8) is 0 Å². The van der Waals surface area contributed by atoms with Crippen LogP contribution in [0.4, 0.5) is 0 Å². The molecule has 3 atom stereocenters. The molecule has 2 aliphatic heterocycles. The van der Waals surface area contributed by atoms with Crippen molar-refractivity contribution in [1.29, 1.82) is 0 Å². The van der Waals surface area contributed by atoms with Gasteiger partial charge in [-0.3, -0.25) is 0 Å². The number of nitrogens with zero attached hydrogens (tertiary/aromatic N) is 1. The Balaban J connectivity index is 2.07. The molecule has 0 aromatic rings. The summed E-state index contributed by atoms with van der Waals surface area (Å²) in [6, 6.07) is 0.412. The lowest BCUT2D eigenvalue weighted by atomic mass is 9.95. The van der Waals surface area contributed by atoms with Crippen LogP contribution >= 0.6 is 0 Å². The molecule has 2 aliphatic rings. The molecule has 0 spiro atoms. The fourth-order valence-corrected chi connectivity index (χ4v) is 2.51. The summed E-state index contributed by atoms with van der Waals surface area (Å²) < 4.78 is 0. The van der Waals surface area contributed by atoms with Crippen LogP contribution in [0.3, 0.4) is 0 Å². The molecule has 2 N–H and O–H groups in total. The molecule has 3 nitrogen and oxygen atoms in total. The summed E-state index contributed by atoms with van der Waals surface area (Å²) in [7, 11) is 2.11. The monoisotopic (exact) mass is 156 g/mol. The largest absolute Gasteiger partial charge is 0.395 e. The van der Waals surface area contributed by atoms with E-state index in [-0.39, 0.29) is 0 Å². The summed E-state index contributed by atoms with van der Waals surface area (Å²) in [5.74, 6) is 1.49. The third-order valence-corrected chi connectivity index (χ3v) is 3.16. The lowest BCUT2D eigenvalue weighted by Crippen LogP contribution is -2.35. The Bertz CT molecular complexity index is 151.